The molecule has 2 aromatic heterocycles. The highest BCUT2D eigenvalue weighted by molar-refractivity contribution is 7.71. The van der Waals surface area contributed by atoms with Crippen LogP contribution in [0.25, 0.3) is 11.2 Å². The Morgan fingerprint density at radius 2 is 2.32 bits per heavy atom. The van der Waals surface area contributed by atoms with Crippen molar-refractivity contribution in [2.24, 2.45) is 5.92 Å². The highest BCUT2D eigenvalue weighted by Crippen LogP contribution is 2.28. The summed E-state index contributed by atoms with van der Waals surface area (Å²) in [6.45, 7) is 2.24. The molecule has 0 spiro atoms. The van der Waals surface area contributed by atoms with E-state index in [1.54, 1.807) is 7.11 Å². The fraction of sp³-hybridized carbons (Fsp3) is 0.538. The maximum Gasteiger partial charge on any atom is 0.215 e. The Balaban J connectivity index is 1.75. The molecule has 3 rings (SSSR count). The van der Waals surface area contributed by atoms with E-state index in [0.29, 0.717) is 23.8 Å². The third-order valence-corrected chi connectivity index (χ3v) is 3.63. The lowest BCUT2D eigenvalue weighted by atomic mass is 10.4. The summed E-state index contributed by atoms with van der Waals surface area (Å²) in [5.74, 6) is 1.38. The maximum absolute atomic E-state index is 5.65. The standard InChI is InChI=1S/C13H17N3O2S/c1-17-11-5-4-10-12(15-11)16(13(19)14-10)6-7-18-8-9-2-3-9/h4-5,9H,2-3,6-8H2,1H3,(H,14,19). The van der Waals surface area contributed by atoms with E-state index in [1.165, 1.54) is 12.8 Å². The van der Waals surface area contributed by atoms with Crippen LogP contribution in [0.1, 0.15) is 12.8 Å². The van der Waals surface area contributed by atoms with Crippen molar-refractivity contribution < 1.29 is 9.47 Å². The van der Waals surface area contributed by atoms with E-state index in [0.717, 1.165) is 23.7 Å². The van der Waals surface area contributed by atoms with E-state index in [-0.39, 0.29) is 0 Å². The Hall–Kier alpha value is -1.40. The van der Waals surface area contributed by atoms with Crippen molar-refractivity contribution in [2.45, 2.75) is 19.4 Å². The van der Waals surface area contributed by atoms with Gasteiger partial charge in [0.15, 0.2) is 10.4 Å². The molecular weight excluding hydrogens is 262 g/mol. The van der Waals surface area contributed by atoms with Gasteiger partial charge in [0.1, 0.15) is 0 Å². The number of rotatable bonds is 6. The Morgan fingerprint density at radius 1 is 1.47 bits per heavy atom. The third kappa shape index (κ3) is 2.79. The van der Waals surface area contributed by atoms with Crippen molar-refractivity contribution in [3.05, 3.63) is 16.9 Å². The van der Waals surface area contributed by atoms with Crippen LogP contribution in [0, 0.1) is 10.7 Å². The van der Waals surface area contributed by atoms with Gasteiger partial charge in [-0.05, 0) is 37.0 Å². The van der Waals surface area contributed by atoms with Crippen LogP contribution >= 0.6 is 12.2 Å². The van der Waals surface area contributed by atoms with Crippen molar-refractivity contribution in [1.29, 1.82) is 0 Å². The number of ether oxygens (including phenoxy) is 2. The topological polar surface area (TPSA) is 52.1 Å². The van der Waals surface area contributed by atoms with Crippen molar-refractivity contribution in [1.82, 2.24) is 14.5 Å². The Morgan fingerprint density at radius 3 is 3.05 bits per heavy atom. The van der Waals surface area contributed by atoms with E-state index < -0.39 is 0 Å². The number of hydrogen-bond donors (Lipinski definition) is 1. The number of H-pyrrole nitrogens is 1. The summed E-state index contributed by atoms with van der Waals surface area (Å²) in [6.07, 6.45) is 2.62. The van der Waals surface area contributed by atoms with Crippen molar-refractivity contribution in [3.8, 4) is 5.88 Å². The van der Waals surface area contributed by atoms with E-state index in [4.69, 9.17) is 21.7 Å². The summed E-state index contributed by atoms with van der Waals surface area (Å²) in [7, 11) is 1.61. The van der Waals surface area contributed by atoms with Gasteiger partial charge in [0, 0.05) is 12.7 Å². The van der Waals surface area contributed by atoms with E-state index in [2.05, 4.69) is 9.97 Å². The van der Waals surface area contributed by atoms with Gasteiger partial charge in [-0.2, -0.15) is 4.98 Å². The number of hydrogen-bond acceptors (Lipinski definition) is 4. The molecule has 1 aliphatic rings. The summed E-state index contributed by atoms with van der Waals surface area (Å²) in [4.78, 5) is 7.57. The molecule has 102 valence electrons. The van der Waals surface area contributed by atoms with Crippen molar-refractivity contribution in [2.75, 3.05) is 20.3 Å². The van der Waals surface area contributed by atoms with Crippen LogP contribution in [0.15, 0.2) is 12.1 Å². The molecule has 0 aliphatic heterocycles. The fourth-order valence-electron chi connectivity index (χ4n) is 2.02. The molecular formula is C13H17N3O2S. The SMILES string of the molecule is COc1ccc2[nH]c(=S)n(CCOCC3CC3)c2n1. The van der Waals surface area contributed by atoms with Crippen LogP contribution in [0.3, 0.4) is 0 Å². The van der Waals surface area contributed by atoms with E-state index in [1.807, 2.05) is 16.7 Å². The second-order valence-electron chi connectivity index (χ2n) is 4.82. The van der Waals surface area contributed by atoms with Gasteiger partial charge >= 0.3 is 0 Å². The zero-order valence-electron chi connectivity index (χ0n) is 10.9. The molecule has 1 aliphatic carbocycles. The van der Waals surface area contributed by atoms with Gasteiger partial charge in [-0.15, -0.1) is 0 Å². The van der Waals surface area contributed by atoms with E-state index in [9.17, 15) is 0 Å². The van der Waals surface area contributed by atoms with Crippen molar-refractivity contribution in [3.63, 3.8) is 0 Å². The molecule has 0 atom stereocenters. The summed E-state index contributed by atoms with van der Waals surface area (Å²) < 4.78 is 13.4. The number of fused-ring (bicyclic) bond motifs is 1. The number of aromatic amines is 1. The molecule has 19 heavy (non-hydrogen) atoms. The molecule has 1 saturated carbocycles. The molecule has 1 N–H and O–H groups in total. The number of imidazole rings is 1. The number of aromatic nitrogens is 3. The van der Waals surface area contributed by atoms with Gasteiger partial charge in [-0.3, -0.25) is 4.57 Å². The number of pyridine rings is 1. The zero-order chi connectivity index (χ0) is 13.2. The van der Waals surface area contributed by atoms with Crippen LogP contribution in [0.2, 0.25) is 0 Å². The molecule has 0 bridgehead atoms. The van der Waals surface area contributed by atoms with Gasteiger partial charge < -0.3 is 14.5 Å². The van der Waals surface area contributed by atoms with Crippen LogP contribution in [0.5, 0.6) is 5.88 Å². The highest BCUT2D eigenvalue weighted by atomic mass is 32.1. The average Bonchev–Trinajstić information content (AvgIpc) is 3.18. The molecule has 0 aromatic carbocycles. The second kappa shape index (κ2) is 5.30. The van der Waals surface area contributed by atoms with Gasteiger partial charge in [-0.25, -0.2) is 0 Å². The van der Waals surface area contributed by atoms with Gasteiger partial charge in [0.05, 0.1) is 25.8 Å². The summed E-state index contributed by atoms with van der Waals surface area (Å²) in [5.41, 5.74) is 1.74. The fourth-order valence-corrected chi connectivity index (χ4v) is 2.31. The average molecular weight is 279 g/mol. The van der Waals surface area contributed by atoms with Crippen LogP contribution in [-0.2, 0) is 11.3 Å². The molecule has 6 heteroatoms. The molecule has 0 amide bonds. The van der Waals surface area contributed by atoms with Gasteiger partial charge in [0.2, 0.25) is 5.88 Å². The van der Waals surface area contributed by atoms with Crippen LogP contribution in [0.4, 0.5) is 0 Å². The minimum Gasteiger partial charge on any atom is -0.481 e. The van der Waals surface area contributed by atoms with Crippen molar-refractivity contribution >= 4 is 23.4 Å². The molecule has 0 unspecified atom stereocenters. The number of nitrogens with one attached hydrogen (secondary N) is 1. The van der Waals surface area contributed by atoms with Crippen LogP contribution in [-0.4, -0.2) is 34.9 Å². The molecule has 5 nitrogen and oxygen atoms in total. The first-order valence-electron chi connectivity index (χ1n) is 6.49. The largest absolute Gasteiger partial charge is 0.481 e. The highest BCUT2D eigenvalue weighted by Gasteiger charge is 2.21. The van der Waals surface area contributed by atoms with Gasteiger partial charge in [0.25, 0.3) is 0 Å². The quantitative estimate of drug-likeness (QED) is 0.652. The smallest absolute Gasteiger partial charge is 0.215 e. The summed E-state index contributed by atoms with van der Waals surface area (Å²) >= 11 is 5.32. The Kier molecular flexibility index (Phi) is 3.52. The summed E-state index contributed by atoms with van der Waals surface area (Å²) in [5, 5.41) is 0. The third-order valence-electron chi connectivity index (χ3n) is 3.31. The molecule has 2 heterocycles. The lowest BCUT2D eigenvalue weighted by Gasteiger charge is -2.06. The van der Waals surface area contributed by atoms with E-state index >= 15 is 0 Å². The first kappa shape index (κ1) is 12.6. The molecule has 0 saturated heterocycles. The number of nitrogens with zero attached hydrogens (tertiary/aromatic N) is 2. The Labute approximate surface area is 116 Å². The van der Waals surface area contributed by atoms with Crippen LogP contribution < -0.4 is 4.74 Å². The number of methoxy groups -OCH3 is 1. The molecule has 0 radical (unpaired) electrons. The lowest BCUT2D eigenvalue weighted by molar-refractivity contribution is 0.117. The minimum absolute atomic E-state index is 0.592. The monoisotopic (exact) mass is 279 g/mol. The maximum atomic E-state index is 5.65. The molecule has 1 fully saturated rings. The summed E-state index contributed by atoms with van der Waals surface area (Å²) in [6, 6.07) is 3.75. The predicted octanol–water partition coefficient (Wildman–Crippen LogP) is 2.53. The second-order valence-corrected chi connectivity index (χ2v) is 5.21. The predicted molar refractivity (Wildman–Crippen MR) is 75.0 cm³/mol. The first-order valence-corrected chi connectivity index (χ1v) is 6.90. The van der Waals surface area contributed by atoms with Gasteiger partial charge in [-0.1, -0.05) is 0 Å². The Bertz CT molecular complexity index is 630. The first-order chi connectivity index (χ1) is 9.28. The lowest BCUT2D eigenvalue weighted by Crippen LogP contribution is -2.08. The zero-order valence-corrected chi connectivity index (χ0v) is 11.7. The normalized spacial score (nSPS) is 15.0. The molecule has 2 aromatic rings. The minimum atomic E-state index is 0.592.